The molecule has 1 fully saturated rings. The summed E-state index contributed by atoms with van der Waals surface area (Å²) in [5.74, 6) is -0.188. The maximum absolute atomic E-state index is 12.4. The zero-order valence-electron chi connectivity index (χ0n) is 16.7. The third-order valence-corrected chi connectivity index (χ3v) is 6.32. The summed E-state index contributed by atoms with van der Waals surface area (Å²) in [7, 11) is 0. The normalized spacial score (nSPS) is 18.1. The van der Waals surface area contributed by atoms with E-state index >= 15 is 0 Å². The largest absolute Gasteiger partial charge is 0.368 e. The number of thioether (sulfide) groups is 1. The maximum atomic E-state index is 12.4. The zero-order chi connectivity index (χ0) is 21.1. The Kier molecular flexibility index (Phi) is 5.85. The molecule has 154 valence electrons. The van der Waals surface area contributed by atoms with E-state index in [0.717, 1.165) is 49.0 Å². The van der Waals surface area contributed by atoms with Crippen molar-refractivity contribution in [1.29, 1.82) is 0 Å². The highest BCUT2D eigenvalue weighted by molar-refractivity contribution is 8.18. The summed E-state index contributed by atoms with van der Waals surface area (Å²) < 4.78 is 0. The van der Waals surface area contributed by atoms with Gasteiger partial charge in [-0.2, -0.15) is 4.99 Å². The van der Waals surface area contributed by atoms with Crippen molar-refractivity contribution < 1.29 is 9.72 Å². The van der Waals surface area contributed by atoms with E-state index in [4.69, 9.17) is 0 Å². The van der Waals surface area contributed by atoms with Crippen LogP contribution in [0, 0.1) is 10.1 Å². The van der Waals surface area contributed by atoms with Crippen molar-refractivity contribution in [1.82, 2.24) is 4.90 Å². The van der Waals surface area contributed by atoms with E-state index in [9.17, 15) is 14.9 Å². The van der Waals surface area contributed by atoms with E-state index in [1.165, 1.54) is 29.5 Å². The van der Waals surface area contributed by atoms with Gasteiger partial charge in [0.15, 0.2) is 5.17 Å². The molecular weight excluding hydrogens is 400 g/mol. The first-order valence-electron chi connectivity index (χ1n) is 9.89. The molecule has 1 amide bonds. The van der Waals surface area contributed by atoms with E-state index in [1.54, 1.807) is 12.1 Å². The molecule has 7 nitrogen and oxygen atoms in total. The zero-order valence-corrected chi connectivity index (χ0v) is 17.5. The molecule has 0 aliphatic carbocycles. The number of anilines is 1. The number of benzene rings is 2. The lowest BCUT2D eigenvalue weighted by molar-refractivity contribution is -0.384. The lowest BCUT2D eigenvalue weighted by Crippen LogP contribution is -2.47. The van der Waals surface area contributed by atoms with Gasteiger partial charge in [-0.15, -0.1) is 0 Å². The van der Waals surface area contributed by atoms with Crippen LogP contribution >= 0.6 is 11.8 Å². The highest BCUT2D eigenvalue weighted by Crippen LogP contribution is 2.31. The Hall–Kier alpha value is -3.13. The van der Waals surface area contributed by atoms with Crippen LogP contribution in [0.4, 0.5) is 11.4 Å². The average molecular weight is 423 g/mol. The summed E-state index contributed by atoms with van der Waals surface area (Å²) in [6.45, 7) is 5.14. The molecule has 0 spiro atoms. The van der Waals surface area contributed by atoms with Gasteiger partial charge >= 0.3 is 0 Å². The molecule has 0 radical (unpaired) electrons. The number of aryl methyl sites for hydroxylation is 1. The second-order valence-corrected chi connectivity index (χ2v) is 8.16. The van der Waals surface area contributed by atoms with Crippen molar-refractivity contribution in [2.45, 2.75) is 13.3 Å². The molecule has 30 heavy (non-hydrogen) atoms. The number of non-ortho nitro benzene ring substituents is 1. The number of rotatable bonds is 4. The van der Waals surface area contributed by atoms with Crippen molar-refractivity contribution in [2.75, 3.05) is 31.1 Å². The molecule has 0 bridgehead atoms. The third-order valence-electron chi connectivity index (χ3n) is 5.27. The molecular formula is C22H22N4O3S. The molecule has 0 unspecified atom stereocenters. The van der Waals surface area contributed by atoms with Gasteiger partial charge in [0.25, 0.3) is 11.6 Å². The van der Waals surface area contributed by atoms with E-state index in [2.05, 4.69) is 33.8 Å². The highest BCUT2D eigenvalue weighted by Gasteiger charge is 2.28. The van der Waals surface area contributed by atoms with Gasteiger partial charge in [0.05, 0.1) is 9.83 Å². The fraction of sp³-hybridized carbons (Fsp3) is 0.273. The van der Waals surface area contributed by atoms with Crippen molar-refractivity contribution in [3.63, 3.8) is 0 Å². The number of nitro groups is 1. The number of aliphatic imine (C=N–C) groups is 1. The molecule has 0 atom stereocenters. The number of carbonyl (C=O) groups excluding carboxylic acids is 1. The lowest BCUT2D eigenvalue weighted by atomic mass is 10.1. The summed E-state index contributed by atoms with van der Waals surface area (Å²) in [5, 5.41) is 11.6. The van der Waals surface area contributed by atoms with Crippen LogP contribution in [-0.2, 0) is 11.2 Å². The minimum atomic E-state index is -0.391. The molecule has 0 aromatic heterocycles. The van der Waals surface area contributed by atoms with Crippen LogP contribution in [-0.4, -0.2) is 47.1 Å². The summed E-state index contributed by atoms with van der Waals surface area (Å²) in [6.07, 6.45) is 2.89. The summed E-state index contributed by atoms with van der Waals surface area (Å²) in [5.41, 5.74) is 3.33. The van der Waals surface area contributed by atoms with Gasteiger partial charge in [-0.25, -0.2) is 0 Å². The van der Waals surface area contributed by atoms with Crippen LogP contribution in [0.15, 0.2) is 58.4 Å². The first kappa shape index (κ1) is 20.2. The Bertz CT molecular complexity index is 1010. The van der Waals surface area contributed by atoms with E-state index in [-0.39, 0.29) is 11.6 Å². The number of nitrogens with zero attached hydrogens (tertiary/aromatic N) is 4. The lowest BCUT2D eigenvalue weighted by Gasteiger charge is -2.36. The summed E-state index contributed by atoms with van der Waals surface area (Å²) in [4.78, 5) is 32.0. The molecule has 4 rings (SSSR count). The molecule has 2 aromatic rings. The predicted molar refractivity (Wildman–Crippen MR) is 121 cm³/mol. The summed E-state index contributed by atoms with van der Waals surface area (Å²) in [6, 6.07) is 14.8. The van der Waals surface area contributed by atoms with Crippen LogP contribution < -0.4 is 4.90 Å². The van der Waals surface area contributed by atoms with E-state index in [1.807, 2.05) is 18.2 Å². The number of hydrogen-bond acceptors (Lipinski definition) is 6. The molecule has 8 heteroatoms. The second-order valence-electron chi connectivity index (χ2n) is 7.15. The Morgan fingerprint density at radius 3 is 2.27 bits per heavy atom. The minimum absolute atomic E-state index is 0.0938. The van der Waals surface area contributed by atoms with E-state index in [0.29, 0.717) is 4.91 Å². The monoisotopic (exact) mass is 422 g/mol. The van der Waals surface area contributed by atoms with Crippen LogP contribution in [0.5, 0.6) is 0 Å². The van der Waals surface area contributed by atoms with Gasteiger partial charge in [0, 0.05) is 44.0 Å². The average Bonchev–Trinajstić information content (AvgIpc) is 3.14. The van der Waals surface area contributed by atoms with Gasteiger partial charge < -0.3 is 9.80 Å². The van der Waals surface area contributed by atoms with Crippen molar-refractivity contribution in [3.05, 3.63) is 74.7 Å². The number of hydrogen-bond donors (Lipinski definition) is 0. The van der Waals surface area contributed by atoms with Crippen molar-refractivity contribution in [3.8, 4) is 0 Å². The first-order valence-corrected chi connectivity index (χ1v) is 10.7. The smallest absolute Gasteiger partial charge is 0.286 e. The number of nitro benzene ring substituents is 1. The molecule has 2 heterocycles. The Morgan fingerprint density at radius 2 is 1.67 bits per heavy atom. The topological polar surface area (TPSA) is 79.1 Å². The second kappa shape index (κ2) is 8.71. The van der Waals surface area contributed by atoms with E-state index < -0.39 is 4.92 Å². The first-order chi connectivity index (χ1) is 14.5. The fourth-order valence-electron chi connectivity index (χ4n) is 3.48. The van der Waals surface area contributed by atoms with Gasteiger partial charge in [-0.05, 0) is 47.5 Å². The van der Waals surface area contributed by atoms with Crippen LogP contribution in [0.3, 0.4) is 0 Å². The summed E-state index contributed by atoms with van der Waals surface area (Å²) >= 11 is 1.43. The molecule has 0 saturated carbocycles. The molecule has 1 saturated heterocycles. The van der Waals surface area contributed by atoms with Gasteiger partial charge in [0.1, 0.15) is 0 Å². The molecule has 2 aliphatic rings. The van der Waals surface area contributed by atoms with Crippen LogP contribution in [0.2, 0.25) is 0 Å². The molecule has 2 aliphatic heterocycles. The van der Waals surface area contributed by atoms with Crippen LogP contribution in [0.1, 0.15) is 18.1 Å². The van der Waals surface area contributed by atoms with Gasteiger partial charge in [-0.3, -0.25) is 14.9 Å². The Morgan fingerprint density at radius 1 is 1.03 bits per heavy atom. The van der Waals surface area contributed by atoms with Crippen LogP contribution in [0.25, 0.3) is 6.08 Å². The number of carbonyl (C=O) groups is 1. The fourth-order valence-corrected chi connectivity index (χ4v) is 4.44. The number of piperazine rings is 1. The molecule has 0 N–H and O–H groups in total. The third kappa shape index (κ3) is 4.38. The maximum Gasteiger partial charge on any atom is 0.286 e. The SMILES string of the molecule is CCc1ccc(/C=C2/SC(N3CCN(c4ccc([N+](=O)[O-])cc4)CC3)=NC2=O)cc1. The minimum Gasteiger partial charge on any atom is -0.368 e. The Balaban J connectivity index is 1.36. The van der Waals surface area contributed by atoms with Gasteiger partial charge in [-0.1, -0.05) is 31.2 Å². The number of amidine groups is 1. The van der Waals surface area contributed by atoms with Crippen molar-refractivity contribution >= 4 is 40.3 Å². The number of amides is 1. The van der Waals surface area contributed by atoms with Gasteiger partial charge in [0.2, 0.25) is 0 Å². The highest BCUT2D eigenvalue weighted by atomic mass is 32.2. The predicted octanol–water partition coefficient (Wildman–Crippen LogP) is 3.95. The standard InChI is InChI=1S/C22H22N4O3S/c1-2-16-3-5-17(6-4-16)15-20-21(27)23-22(30-20)25-13-11-24(12-14-25)18-7-9-19(10-8-18)26(28)29/h3-10,15H,2,11-14H2,1H3/b20-15+. The molecule has 2 aromatic carbocycles. The quantitative estimate of drug-likeness (QED) is 0.422. The Labute approximate surface area is 179 Å². The van der Waals surface area contributed by atoms with Crippen molar-refractivity contribution in [2.24, 2.45) is 4.99 Å².